The Labute approximate surface area is 165 Å². The molecule has 2 aromatic rings. The van der Waals surface area contributed by atoms with Crippen LogP contribution in [0.5, 0.6) is 5.75 Å². The van der Waals surface area contributed by atoms with E-state index in [1.165, 1.54) is 11.0 Å². The fourth-order valence-electron chi connectivity index (χ4n) is 3.85. The van der Waals surface area contributed by atoms with Gasteiger partial charge in [0.15, 0.2) is 6.54 Å². The van der Waals surface area contributed by atoms with E-state index >= 15 is 0 Å². The number of piperazine rings is 1. The van der Waals surface area contributed by atoms with Gasteiger partial charge in [-0.15, -0.1) is 0 Å². The molecule has 0 spiro atoms. The van der Waals surface area contributed by atoms with E-state index in [4.69, 9.17) is 0 Å². The smallest absolute Gasteiger partial charge is 0.278 e. The number of nitrogens with one attached hydrogen (secondary N) is 1. The van der Waals surface area contributed by atoms with E-state index in [0.717, 1.165) is 44.7 Å². The first-order valence-electron chi connectivity index (χ1n) is 10.0. The number of carbonyl (C=O) groups excluding carboxylic acids is 1. The molecular weight excluding hydrogens is 357 g/mol. The summed E-state index contributed by atoms with van der Waals surface area (Å²) in [5.74, 6) is 0.156. The van der Waals surface area contributed by atoms with Crippen molar-refractivity contribution in [3.05, 3.63) is 59.9 Å². The Morgan fingerprint density at radius 1 is 1.11 bits per heavy atom. The molecule has 0 aromatic heterocycles. The Bertz CT molecular complexity index is 815. The Kier molecular flexibility index (Phi) is 5.48. The molecule has 0 unspecified atom stereocenters. The number of benzene rings is 2. The standard InChI is InChI=1S/C22H26FN3O2/c23-21-4-2-1-3-17(21)15-26(19-5-6-19)22(28)16-24-11-13-25(14-12-24)18-7-9-20(27)10-8-18/h1-4,7-10,19,27H,5-6,11-16H2/p+1. The van der Waals surface area contributed by atoms with Crippen LogP contribution in [0.25, 0.3) is 0 Å². The number of phenolic OH excluding ortho intramolecular Hbond substituents is 1. The second-order valence-corrected chi connectivity index (χ2v) is 7.77. The number of carbonyl (C=O) groups is 1. The van der Waals surface area contributed by atoms with Gasteiger partial charge in [-0.3, -0.25) is 4.79 Å². The number of quaternary nitrogens is 1. The van der Waals surface area contributed by atoms with Crippen molar-refractivity contribution in [3.63, 3.8) is 0 Å². The van der Waals surface area contributed by atoms with Gasteiger partial charge in [0.25, 0.3) is 5.91 Å². The summed E-state index contributed by atoms with van der Waals surface area (Å²) in [5, 5.41) is 9.43. The van der Waals surface area contributed by atoms with Crippen molar-refractivity contribution in [2.24, 2.45) is 0 Å². The van der Waals surface area contributed by atoms with Gasteiger partial charge in [-0.05, 0) is 43.2 Å². The first-order valence-corrected chi connectivity index (χ1v) is 10.0. The average Bonchev–Trinajstić information content (AvgIpc) is 3.54. The first kappa shape index (κ1) is 18.7. The number of nitrogens with zero attached hydrogens (tertiary/aromatic N) is 2. The van der Waals surface area contributed by atoms with Gasteiger partial charge in [0.1, 0.15) is 11.6 Å². The maximum atomic E-state index is 14.0. The van der Waals surface area contributed by atoms with E-state index in [1.54, 1.807) is 24.3 Å². The molecule has 6 heteroatoms. The molecule has 0 bridgehead atoms. The highest BCUT2D eigenvalue weighted by Gasteiger charge is 2.35. The van der Waals surface area contributed by atoms with Gasteiger partial charge in [0.2, 0.25) is 0 Å². The summed E-state index contributed by atoms with van der Waals surface area (Å²) in [5.41, 5.74) is 1.69. The van der Waals surface area contributed by atoms with E-state index in [0.29, 0.717) is 18.7 Å². The number of rotatable bonds is 6. The van der Waals surface area contributed by atoms with Crippen molar-refractivity contribution in [1.29, 1.82) is 0 Å². The van der Waals surface area contributed by atoms with E-state index < -0.39 is 0 Å². The molecule has 1 aliphatic heterocycles. The summed E-state index contributed by atoms with van der Waals surface area (Å²) >= 11 is 0. The molecule has 28 heavy (non-hydrogen) atoms. The van der Waals surface area contributed by atoms with Gasteiger partial charge in [0, 0.05) is 23.8 Å². The molecule has 0 atom stereocenters. The predicted octanol–water partition coefficient (Wildman–Crippen LogP) is 1.43. The topological polar surface area (TPSA) is 48.2 Å². The molecule has 2 aliphatic rings. The van der Waals surface area contributed by atoms with Crippen molar-refractivity contribution in [1.82, 2.24) is 4.90 Å². The normalized spacial score (nSPS) is 17.5. The molecule has 1 aliphatic carbocycles. The lowest BCUT2D eigenvalue weighted by Crippen LogP contribution is -3.15. The van der Waals surface area contributed by atoms with Crippen LogP contribution >= 0.6 is 0 Å². The summed E-state index contributed by atoms with van der Waals surface area (Å²) in [4.78, 5) is 18.4. The minimum atomic E-state index is -0.240. The fraction of sp³-hybridized carbons (Fsp3) is 0.409. The van der Waals surface area contributed by atoms with Crippen molar-refractivity contribution in [2.45, 2.75) is 25.4 Å². The van der Waals surface area contributed by atoms with Crippen molar-refractivity contribution >= 4 is 11.6 Å². The largest absolute Gasteiger partial charge is 0.508 e. The fourth-order valence-corrected chi connectivity index (χ4v) is 3.85. The summed E-state index contributed by atoms with van der Waals surface area (Å²) in [7, 11) is 0. The van der Waals surface area contributed by atoms with Gasteiger partial charge >= 0.3 is 0 Å². The third kappa shape index (κ3) is 4.44. The number of anilines is 1. The summed E-state index contributed by atoms with van der Waals surface area (Å²) in [6.07, 6.45) is 2.04. The zero-order valence-electron chi connectivity index (χ0n) is 16.0. The molecular formula is C22H27FN3O2+. The Morgan fingerprint density at radius 2 is 1.79 bits per heavy atom. The molecule has 5 nitrogen and oxygen atoms in total. The first-order chi connectivity index (χ1) is 13.6. The van der Waals surface area contributed by atoms with E-state index in [1.807, 2.05) is 23.1 Å². The molecule has 1 saturated heterocycles. The maximum absolute atomic E-state index is 14.0. The van der Waals surface area contributed by atoms with Gasteiger partial charge in [0.05, 0.1) is 26.2 Å². The van der Waals surface area contributed by atoms with Gasteiger partial charge < -0.3 is 19.8 Å². The van der Waals surface area contributed by atoms with Crippen molar-refractivity contribution in [3.8, 4) is 5.75 Å². The molecule has 1 saturated carbocycles. The number of amides is 1. The molecule has 148 valence electrons. The Morgan fingerprint density at radius 3 is 2.43 bits per heavy atom. The van der Waals surface area contributed by atoms with Crippen LogP contribution in [0.1, 0.15) is 18.4 Å². The number of phenols is 1. The second-order valence-electron chi connectivity index (χ2n) is 7.77. The molecule has 1 heterocycles. The van der Waals surface area contributed by atoms with Crippen LogP contribution in [-0.4, -0.2) is 54.7 Å². The monoisotopic (exact) mass is 384 g/mol. The van der Waals surface area contributed by atoms with E-state index in [-0.39, 0.29) is 23.5 Å². The lowest BCUT2D eigenvalue weighted by atomic mass is 10.2. The van der Waals surface area contributed by atoms with E-state index in [2.05, 4.69) is 4.90 Å². The number of aromatic hydroxyl groups is 1. The number of halogens is 1. The molecule has 0 radical (unpaired) electrons. The molecule has 4 rings (SSSR count). The van der Waals surface area contributed by atoms with Gasteiger partial charge in [-0.1, -0.05) is 18.2 Å². The minimum absolute atomic E-state index is 0.124. The molecule has 2 fully saturated rings. The highest BCUT2D eigenvalue weighted by molar-refractivity contribution is 5.77. The van der Waals surface area contributed by atoms with Crippen molar-refractivity contribution in [2.75, 3.05) is 37.6 Å². The van der Waals surface area contributed by atoms with Crippen LogP contribution < -0.4 is 9.80 Å². The average molecular weight is 384 g/mol. The zero-order chi connectivity index (χ0) is 19.5. The van der Waals surface area contributed by atoms with Crippen LogP contribution in [0.4, 0.5) is 10.1 Å². The van der Waals surface area contributed by atoms with Crippen molar-refractivity contribution < 1.29 is 19.2 Å². The van der Waals surface area contributed by atoms with Crippen LogP contribution in [0.2, 0.25) is 0 Å². The minimum Gasteiger partial charge on any atom is -0.508 e. The number of hydrogen-bond acceptors (Lipinski definition) is 3. The van der Waals surface area contributed by atoms with E-state index in [9.17, 15) is 14.3 Å². The van der Waals surface area contributed by atoms with Gasteiger partial charge in [-0.2, -0.15) is 0 Å². The lowest BCUT2D eigenvalue weighted by Gasteiger charge is -2.34. The zero-order valence-corrected chi connectivity index (χ0v) is 16.0. The maximum Gasteiger partial charge on any atom is 0.278 e. The van der Waals surface area contributed by atoms with Gasteiger partial charge in [-0.25, -0.2) is 4.39 Å². The third-order valence-electron chi connectivity index (χ3n) is 5.69. The summed E-state index contributed by atoms with van der Waals surface area (Å²) in [6.45, 7) is 4.38. The molecule has 2 N–H and O–H groups in total. The Balaban J connectivity index is 1.33. The number of hydrogen-bond donors (Lipinski definition) is 2. The van der Waals surface area contributed by atoms with Crippen LogP contribution in [-0.2, 0) is 11.3 Å². The second kappa shape index (κ2) is 8.19. The summed E-state index contributed by atoms with van der Waals surface area (Å²) < 4.78 is 14.0. The SMILES string of the molecule is O=C(C[NH+]1CCN(c2ccc(O)cc2)CC1)N(Cc1ccccc1F)C1CC1. The van der Waals surface area contributed by atoms with Crippen LogP contribution in [0.15, 0.2) is 48.5 Å². The third-order valence-corrected chi connectivity index (χ3v) is 5.69. The molecule has 2 aromatic carbocycles. The van der Waals surface area contributed by atoms with Crippen LogP contribution in [0, 0.1) is 5.82 Å². The summed E-state index contributed by atoms with van der Waals surface area (Å²) in [6, 6.07) is 14.2. The quantitative estimate of drug-likeness (QED) is 0.792. The van der Waals surface area contributed by atoms with Crippen LogP contribution in [0.3, 0.4) is 0 Å². The Hall–Kier alpha value is -2.60. The highest BCUT2D eigenvalue weighted by Crippen LogP contribution is 2.28. The highest BCUT2D eigenvalue weighted by atomic mass is 19.1. The molecule has 1 amide bonds. The predicted molar refractivity (Wildman–Crippen MR) is 106 cm³/mol. The lowest BCUT2D eigenvalue weighted by molar-refractivity contribution is -0.892.